The number of rotatable bonds is 6. The molecule has 0 fully saturated rings. The smallest absolute Gasteiger partial charge is 0.211 e. The molecule has 0 amide bonds. The fourth-order valence-corrected chi connectivity index (χ4v) is 12.3. The van der Waals surface area contributed by atoms with Gasteiger partial charge in [-0.2, -0.15) is 0 Å². The number of aromatic nitrogens is 1. The zero-order valence-corrected chi connectivity index (χ0v) is 27.1. The Bertz CT molecular complexity index is 2430. The largest absolute Gasteiger partial charge is 0.319 e. The van der Waals surface area contributed by atoms with Gasteiger partial charge in [-0.3, -0.25) is 0 Å². The van der Waals surface area contributed by atoms with Crippen LogP contribution in [0.4, 0.5) is 11.4 Å². The third-order valence-electron chi connectivity index (χ3n) is 9.38. The van der Waals surface area contributed by atoms with Gasteiger partial charge in [0.05, 0.1) is 29.9 Å². The molecule has 0 spiro atoms. The van der Waals surface area contributed by atoms with Crippen LogP contribution in [0.15, 0.2) is 176 Å². The second-order valence-electron chi connectivity index (χ2n) is 11.9. The molecule has 0 aliphatic carbocycles. The van der Waals surface area contributed by atoms with Crippen LogP contribution in [0.3, 0.4) is 0 Å². The summed E-state index contributed by atoms with van der Waals surface area (Å²) >= 11 is 0. The lowest BCUT2D eigenvalue weighted by Crippen LogP contribution is -2.75. The van der Waals surface area contributed by atoms with Crippen LogP contribution in [0.1, 0.15) is 0 Å². The molecule has 1 aromatic heterocycles. The summed E-state index contributed by atoms with van der Waals surface area (Å²) in [6.45, 7) is 16.0. The van der Waals surface area contributed by atoms with Gasteiger partial charge in [-0.1, -0.05) is 146 Å². The van der Waals surface area contributed by atoms with Crippen molar-refractivity contribution in [1.29, 1.82) is 0 Å². The maximum absolute atomic E-state index is 8.39. The summed E-state index contributed by atoms with van der Waals surface area (Å²) < 4.78 is 2.17. The van der Waals surface area contributed by atoms with E-state index in [1.165, 1.54) is 20.7 Å². The van der Waals surface area contributed by atoms with E-state index >= 15 is 0 Å². The zero-order valence-electron chi connectivity index (χ0n) is 26.1. The molecule has 0 unspecified atom stereocenters. The molecule has 0 N–H and O–H groups in total. The predicted octanol–water partition coefficient (Wildman–Crippen LogP) is 8.93. The highest BCUT2D eigenvalue weighted by Crippen LogP contribution is 2.38. The van der Waals surface area contributed by atoms with Gasteiger partial charge in [-0.05, 0) is 67.6 Å². The lowest BCUT2D eigenvalue weighted by molar-refractivity contribution is 1.19. The second kappa shape index (κ2) is 12.0. The van der Waals surface area contributed by atoms with Crippen LogP contribution in [0.25, 0.3) is 48.3 Å². The first-order chi connectivity index (χ1) is 23.7. The van der Waals surface area contributed by atoms with Gasteiger partial charge in [-0.15, -0.1) is 0 Å². The second-order valence-corrected chi connectivity index (χ2v) is 15.6. The molecule has 0 bridgehead atoms. The van der Waals surface area contributed by atoms with Gasteiger partial charge in [0.25, 0.3) is 0 Å². The monoisotopic (exact) mass is 627 g/mol. The van der Waals surface area contributed by atoms with Crippen molar-refractivity contribution in [2.24, 2.45) is 0 Å². The maximum atomic E-state index is 8.39. The van der Waals surface area contributed by atoms with Crippen molar-refractivity contribution in [1.82, 2.24) is 4.57 Å². The predicted molar refractivity (Wildman–Crippen MR) is 202 cm³/mol. The standard InChI is InChI=1S/C44H29N3Si/c1-45-33-27-29-42-39(31-33)38-23-12-14-24-41(38)47(42)43-28-26-32(30-40(43)46-2)37-22-13-15-25-44(37)48(34-16-6-3-7-17-34,35-18-8-4-9-19-35)36-20-10-5-11-21-36/h3-31H. The average Bonchev–Trinajstić information content (AvgIpc) is 3.50. The molecule has 1 heterocycles. The fraction of sp³-hybridized carbons (Fsp3) is 0. The molecule has 3 nitrogen and oxygen atoms in total. The molecule has 48 heavy (non-hydrogen) atoms. The molecule has 8 rings (SSSR count). The Morgan fingerprint density at radius 2 is 1.02 bits per heavy atom. The van der Waals surface area contributed by atoms with Crippen LogP contribution in [0.5, 0.6) is 0 Å². The summed E-state index contributed by atoms with van der Waals surface area (Å²) in [6.07, 6.45) is 0. The van der Waals surface area contributed by atoms with Crippen LogP contribution in [0, 0.1) is 13.1 Å². The van der Waals surface area contributed by atoms with Gasteiger partial charge < -0.3 is 4.57 Å². The van der Waals surface area contributed by atoms with Crippen LogP contribution in [-0.2, 0) is 0 Å². The van der Waals surface area contributed by atoms with E-state index in [-0.39, 0.29) is 0 Å². The molecule has 7 aromatic carbocycles. The van der Waals surface area contributed by atoms with E-state index < -0.39 is 8.07 Å². The van der Waals surface area contributed by atoms with Crippen molar-refractivity contribution in [3.8, 4) is 16.8 Å². The quantitative estimate of drug-likeness (QED) is 0.0993. The summed E-state index contributed by atoms with van der Waals surface area (Å²) in [4.78, 5) is 7.80. The van der Waals surface area contributed by atoms with Crippen molar-refractivity contribution in [3.05, 3.63) is 199 Å². The van der Waals surface area contributed by atoms with E-state index in [2.05, 4.69) is 160 Å². The highest BCUT2D eigenvalue weighted by molar-refractivity contribution is 7.20. The molecule has 4 heteroatoms. The minimum Gasteiger partial charge on any atom is -0.319 e. The summed E-state index contributed by atoms with van der Waals surface area (Å²) in [5.74, 6) is 0. The van der Waals surface area contributed by atoms with Crippen LogP contribution >= 0.6 is 0 Å². The van der Waals surface area contributed by atoms with E-state index in [4.69, 9.17) is 13.1 Å². The number of para-hydroxylation sites is 1. The topological polar surface area (TPSA) is 13.6 Å². The normalized spacial score (nSPS) is 11.3. The minimum atomic E-state index is -2.81. The summed E-state index contributed by atoms with van der Waals surface area (Å²) in [5.41, 5.74) is 6.13. The SMILES string of the molecule is [C-]#[N+]c1ccc2c(c1)c1ccccc1n2-c1ccc(-c2ccccc2[Si](c2ccccc2)(c2ccccc2)c2ccccc2)cc1[N+]#[C-]. The van der Waals surface area contributed by atoms with Gasteiger partial charge in [0, 0.05) is 5.39 Å². The molecule has 8 aromatic rings. The third-order valence-corrected chi connectivity index (χ3v) is 14.2. The molecule has 224 valence electrons. The average molecular weight is 628 g/mol. The Hall–Kier alpha value is -6.46. The van der Waals surface area contributed by atoms with E-state index in [9.17, 15) is 0 Å². The number of hydrogen-bond acceptors (Lipinski definition) is 0. The van der Waals surface area contributed by atoms with Crippen LogP contribution in [-0.4, -0.2) is 12.6 Å². The first kappa shape index (κ1) is 29.0. The van der Waals surface area contributed by atoms with Gasteiger partial charge in [0.1, 0.15) is 0 Å². The Kier molecular flexibility index (Phi) is 7.27. The molecule has 0 saturated heterocycles. The van der Waals surface area contributed by atoms with E-state index in [0.717, 1.165) is 38.6 Å². The molecule has 0 aliphatic heterocycles. The fourth-order valence-electron chi connectivity index (χ4n) is 7.35. The molecule has 0 radical (unpaired) electrons. The van der Waals surface area contributed by atoms with Crippen molar-refractivity contribution in [2.75, 3.05) is 0 Å². The van der Waals surface area contributed by atoms with Gasteiger partial charge in [0.15, 0.2) is 13.8 Å². The van der Waals surface area contributed by atoms with Crippen molar-refractivity contribution in [3.63, 3.8) is 0 Å². The van der Waals surface area contributed by atoms with Gasteiger partial charge in [-0.25, -0.2) is 9.69 Å². The Morgan fingerprint density at radius 1 is 0.458 bits per heavy atom. The first-order valence-corrected chi connectivity index (χ1v) is 17.9. The van der Waals surface area contributed by atoms with E-state index in [1.54, 1.807) is 0 Å². The number of hydrogen-bond donors (Lipinski definition) is 0. The summed E-state index contributed by atoms with van der Waals surface area (Å²) in [6, 6.07) is 61.9. The Labute approximate surface area is 281 Å². The molecule has 0 saturated carbocycles. The van der Waals surface area contributed by atoms with Crippen LogP contribution in [0.2, 0.25) is 0 Å². The maximum Gasteiger partial charge on any atom is 0.211 e. The number of nitrogens with zero attached hydrogens (tertiary/aromatic N) is 3. The Morgan fingerprint density at radius 3 is 1.65 bits per heavy atom. The zero-order chi connectivity index (χ0) is 32.5. The lowest BCUT2D eigenvalue weighted by atomic mass is 10.0. The van der Waals surface area contributed by atoms with Crippen LogP contribution < -0.4 is 20.7 Å². The molecule has 0 aliphatic rings. The van der Waals surface area contributed by atoms with Gasteiger partial charge in [0.2, 0.25) is 5.69 Å². The van der Waals surface area contributed by atoms with E-state index in [1.807, 2.05) is 30.3 Å². The van der Waals surface area contributed by atoms with Gasteiger partial charge >= 0.3 is 0 Å². The third kappa shape index (κ3) is 4.55. The number of benzene rings is 7. The van der Waals surface area contributed by atoms with Crippen molar-refractivity contribution >= 4 is 62.0 Å². The molecular weight excluding hydrogens is 599 g/mol. The minimum absolute atomic E-state index is 0.575. The molecule has 0 atom stereocenters. The Balaban J connectivity index is 1.39. The first-order valence-electron chi connectivity index (χ1n) is 15.9. The van der Waals surface area contributed by atoms with Crippen molar-refractivity contribution < 1.29 is 0 Å². The van der Waals surface area contributed by atoms with Crippen molar-refractivity contribution in [2.45, 2.75) is 0 Å². The molecular formula is C44H29N3Si. The van der Waals surface area contributed by atoms with E-state index in [0.29, 0.717) is 11.4 Å². The summed E-state index contributed by atoms with van der Waals surface area (Å²) in [5, 5.41) is 7.27. The highest BCUT2D eigenvalue weighted by Gasteiger charge is 2.42. The highest BCUT2D eigenvalue weighted by atomic mass is 28.3. The number of fused-ring (bicyclic) bond motifs is 3. The summed E-state index contributed by atoms with van der Waals surface area (Å²) in [7, 11) is -2.81. The lowest BCUT2D eigenvalue weighted by Gasteiger charge is -2.36.